The highest BCUT2D eigenvalue weighted by atomic mass is 35.5. The molecule has 134 valence electrons. The molecule has 0 saturated heterocycles. The van der Waals surface area contributed by atoms with Gasteiger partial charge in [0.2, 0.25) is 11.0 Å². The first-order valence-electron chi connectivity index (χ1n) is 7.87. The summed E-state index contributed by atoms with van der Waals surface area (Å²) in [6.45, 7) is 0. The number of thioether (sulfide) groups is 2. The van der Waals surface area contributed by atoms with E-state index in [1.54, 1.807) is 23.5 Å². The number of benzene rings is 2. The Bertz CT molecular complexity index is 840. The summed E-state index contributed by atoms with van der Waals surface area (Å²) in [6, 6.07) is 17.8. The molecule has 2 aromatic carbocycles. The second-order valence-corrected chi connectivity index (χ2v) is 9.05. The maximum absolute atomic E-state index is 12.0. The number of carbonyl (C=O) groups excluding carboxylic acids is 1. The Hall–Kier alpha value is -1.54. The van der Waals surface area contributed by atoms with Gasteiger partial charge in [-0.05, 0) is 29.8 Å². The van der Waals surface area contributed by atoms with Crippen molar-refractivity contribution in [2.75, 3.05) is 11.1 Å². The van der Waals surface area contributed by atoms with Crippen LogP contribution < -0.4 is 5.32 Å². The summed E-state index contributed by atoms with van der Waals surface area (Å²) in [4.78, 5) is 13.1. The lowest BCUT2D eigenvalue weighted by Gasteiger charge is -2.02. The molecular weight excluding hydrogens is 406 g/mol. The summed E-state index contributed by atoms with van der Waals surface area (Å²) in [6.07, 6.45) is 0.416. The minimum Gasteiger partial charge on any atom is -0.300 e. The van der Waals surface area contributed by atoms with Gasteiger partial charge in [-0.15, -0.1) is 22.0 Å². The van der Waals surface area contributed by atoms with E-state index in [1.807, 2.05) is 42.5 Å². The van der Waals surface area contributed by atoms with E-state index >= 15 is 0 Å². The smallest absolute Gasteiger partial charge is 0.227 e. The molecule has 0 spiro atoms. The number of amides is 1. The van der Waals surface area contributed by atoms with Gasteiger partial charge in [-0.25, -0.2) is 0 Å². The van der Waals surface area contributed by atoms with Crippen LogP contribution in [-0.4, -0.2) is 21.9 Å². The van der Waals surface area contributed by atoms with Crippen molar-refractivity contribution in [1.29, 1.82) is 0 Å². The Kier molecular flexibility index (Phi) is 7.37. The predicted molar refractivity (Wildman–Crippen MR) is 111 cm³/mol. The molecule has 0 aliphatic carbocycles. The molecule has 4 nitrogen and oxygen atoms in total. The van der Waals surface area contributed by atoms with E-state index in [2.05, 4.69) is 27.6 Å². The molecule has 0 saturated carbocycles. The van der Waals surface area contributed by atoms with Crippen molar-refractivity contribution >= 4 is 57.5 Å². The largest absolute Gasteiger partial charge is 0.300 e. The number of aromatic nitrogens is 2. The molecule has 0 aliphatic rings. The van der Waals surface area contributed by atoms with E-state index < -0.39 is 0 Å². The minimum absolute atomic E-state index is 0.0535. The zero-order valence-corrected chi connectivity index (χ0v) is 16.9. The number of nitrogens with zero attached hydrogens (tertiary/aromatic N) is 2. The number of anilines is 1. The molecule has 0 aliphatic heterocycles. The zero-order chi connectivity index (χ0) is 18.2. The fraction of sp³-hybridized carbons (Fsp3) is 0.167. The Morgan fingerprint density at radius 2 is 1.81 bits per heavy atom. The first-order chi connectivity index (χ1) is 12.7. The van der Waals surface area contributed by atoms with Crippen LogP contribution >= 0.6 is 46.5 Å². The monoisotopic (exact) mass is 421 g/mol. The van der Waals surface area contributed by atoms with E-state index in [9.17, 15) is 4.79 Å². The number of hydrogen-bond acceptors (Lipinski definition) is 6. The second kappa shape index (κ2) is 9.97. The van der Waals surface area contributed by atoms with Gasteiger partial charge in [0.25, 0.3) is 0 Å². The fourth-order valence-electron chi connectivity index (χ4n) is 2.01. The van der Waals surface area contributed by atoms with Crippen LogP contribution in [-0.2, 0) is 10.5 Å². The van der Waals surface area contributed by atoms with Crippen LogP contribution in [0.1, 0.15) is 12.0 Å². The molecule has 0 unspecified atom stereocenters. The van der Waals surface area contributed by atoms with E-state index in [1.165, 1.54) is 16.9 Å². The lowest BCUT2D eigenvalue weighted by atomic mass is 10.2. The van der Waals surface area contributed by atoms with Gasteiger partial charge in [0.1, 0.15) is 0 Å². The zero-order valence-electron chi connectivity index (χ0n) is 13.7. The van der Waals surface area contributed by atoms with Gasteiger partial charge in [-0.3, -0.25) is 4.79 Å². The van der Waals surface area contributed by atoms with Crippen LogP contribution in [0.25, 0.3) is 0 Å². The number of nitrogens with one attached hydrogen (secondary N) is 1. The highest BCUT2D eigenvalue weighted by molar-refractivity contribution is 8.00. The fourth-order valence-corrected chi connectivity index (χ4v) is 4.71. The van der Waals surface area contributed by atoms with E-state index in [4.69, 9.17) is 11.6 Å². The maximum Gasteiger partial charge on any atom is 0.227 e. The van der Waals surface area contributed by atoms with Crippen molar-refractivity contribution in [3.8, 4) is 0 Å². The number of carbonyl (C=O) groups is 1. The van der Waals surface area contributed by atoms with Gasteiger partial charge in [0, 0.05) is 27.8 Å². The summed E-state index contributed by atoms with van der Waals surface area (Å²) in [5, 5.41) is 12.2. The van der Waals surface area contributed by atoms with Crippen LogP contribution in [0.2, 0.25) is 5.02 Å². The van der Waals surface area contributed by atoms with E-state index in [0.29, 0.717) is 22.3 Å². The third-order valence-electron chi connectivity index (χ3n) is 3.27. The third-order valence-corrected chi connectivity index (χ3v) is 6.58. The normalized spacial score (nSPS) is 10.7. The summed E-state index contributed by atoms with van der Waals surface area (Å²) >= 11 is 10.5. The van der Waals surface area contributed by atoms with Crippen LogP contribution in [0, 0.1) is 0 Å². The average molecular weight is 422 g/mol. The Labute approximate surface area is 169 Å². The second-order valence-electron chi connectivity index (χ2n) is 5.25. The van der Waals surface area contributed by atoms with Crippen LogP contribution in [0.5, 0.6) is 0 Å². The molecule has 1 heterocycles. The predicted octanol–water partition coefficient (Wildman–Crippen LogP) is 5.60. The summed E-state index contributed by atoms with van der Waals surface area (Å²) < 4.78 is 0.847. The molecule has 26 heavy (non-hydrogen) atoms. The molecule has 1 N–H and O–H groups in total. The van der Waals surface area contributed by atoms with Crippen LogP contribution in [0.3, 0.4) is 0 Å². The Balaban J connectivity index is 1.40. The summed E-state index contributed by atoms with van der Waals surface area (Å²) in [5.41, 5.74) is 1.23. The highest BCUT2D eigenvalue weighted by Crippen LogP contribution is 2.28. The van der Waals surface area contributed by atoms with Gasteiger partial charge >= 0.3 is 0 Å². The molecule has 0 bridgehead atoms. The molecular formula is C18H16ClN3OS3. The van der Waals surface area contributed by atoms with Gasteiger partial charge < -0.3 is 5.32 Å². The van der Waals surface area contributed by atoms with Crippen LogP contribution in [0.15, 0.2) is 63.8 Å². The summed E-state index contributed by atoms with van der Waals surface area (Å²) in [5.74, 6) is 1.48. The lowest BCUT2D eigenvalue weighted by Crippen LogP contribution is -2.11. The molecule has 0 atom stereocenters. The molecule has 3 rings (SSSR count). The average Bonchev–Trinajstić information content (AvgIpc) is 3.10. The Morgan fingerprint density at radius 3 is 2.58 bits per heavy atom. The van der Waals surface area contributed by atoms with E-state index in [-0.39, 0.29) is 5.91 Å². The number of rotatable bonds is 8. The lowest BCUT2D eigenvalue weighted by molar-refractivity contribution is -0.115. The first kappa shape index (κ1) is 19.2. The highest BCUT2D eigenvalue weighted by Gasteiger charge is 2.09. The van der Waals surface area contributed by atoms with Crippen molar-refractivity contribution in [3.63, 3.8) is 0 Å². The van der Waals surface area contributed by atoms with Crippen molar-refractivity contribution in [2.24, 2.45) is 0 Å². The quantitative estimate of drug-likeness (QED) is 0.378. The molecule has 1 aromatic heterocycles. The molecule has 3 aromatic rings. The SMILES string of the molecule is O=C(CCSc1ccc(Cl)cc1)Nc1nnc(SCc2ccccc2)s1. The Morgan fingerprint density at radius 1 is 1.04 bits per heavy atom. The molecule has 0 radical (unpaired) electrons. The number of hydrogen-bond donors (Lipinski definition) is 1. The topological polar surface area (TPSA) is 54.9 Å². The van der Waals surface area contributed by atoms with Crippen LogP contribution in [0.4, 0.5) is 5.13 Å². The molecule has 8 heteroatoms. The first-order valence-corrected chi connectivity index (χ1v) is 11.0. The molecule has 1 amide bonds. The van der Waals surface area contributed by atoms with E-state index in [0.717, 1.165) is 15.0 Å². The summed E-state index contributed by atoms with van der Waals surface area (Å²) in [7, 11) is 0. The third kappa shape index (κ3) is 6.32. The number of halogens is 1. The van der Waals surface area contributed by atoms with Crippen molar-refractivity contribution < 1.29 is 4.79 Å². The van der Waals surface area contributed by atoms with Gasteiger partial charge in [0.05, 0.1) is 0 Å². The van der Waals surface area contributed by atoms with Crippen molar-refractivity contribution in [1.82, 2.24) is 10.2 Å². The van der Waals surface area contributed by atoms with Gasteiger partial charge in [-0.1, -0.05) is 65.0 Å². The maximum atomic E-state index is 12.0. The van der Waals surface area contributed by atoms with Crippen molar-refractivity contribution in [2.45, 2.75) is 21.4 Å². The van der Waals surface area contributed by atoms with Gasteiger partial charge in [-0.2, -0.15) is 0 Å². The van der Waals surface area contributed by atoms with Gasteiger partial charge in [0.15, 0.2) is 4.34 Å². The standard InChI is InChI=1S/C18H16ClN3OS3/c19-14-6-8-15(9-7-14)24-11-10-16(23)20-17-21-22-18(26-17)25-12-13-4-2-1-3-5-13/h1-9H,10-12H2,(H,20,21,23). The molecule has 0 fully saturated rings. The van der Waals surface area contributed by atoms with Crippen molar-refractivity contribution in [3.05, 3.63) is 65.2 Å². The minimum atomic E-state index is -0.0535.